The number of hydrogen-bond acceptors (Lipinski definition) is 6. The number of thioether (sulfide) groups is 1. The summed E-state index contributed by atoms with van der Waals surface area (Å²) in [7, 11) is 0. The van der Waals surface area contributed by atoms with E-state index < -0.39 is 29.7 Å². The highest BCUT2D eigenvalue weighted by atomic mass is 35.5. The molecule has 2 aromatic rings. The number of halogens is 1. The van der Waals surface area contributed by atoms with Crippen molar-refractivity contribution < 1.29 is 24.3 Å². The van der Waals surface area contributed by atoms with Crippen LogP contribution in [0, 0.1) is 0 Å². The summed E-state index contributed by atoms with van der Waals surface area (Å²) in [5, 5.41) is 9.58. The van der Waals surface area contributed by atoms with Gasteiger partial charge in [-0.3, -0.25) is 19.3 Å². The number of carbonyl (C=O) groups excluding carboxylic acids is 3. The van der Waals surface area contributed by atoms with Crippen molar-refractivity contribution >= 4 is 75.4 Å². The number of imide groups is 1. The van der Waals surface area contributed by atoms with Gasteiger partial charge in [0.1, 0.15) is 10.4 Å². The highest BCUT2D eigenvalue weighted by Crippen LogP contribution is 2.37. The molecule has 1 atom stereocenters. The Hall–Kier alpha value is -3.01. The molecule has 0 aliphatic carbocycles. The Labute approximate surface area is 191 Å². The second kappa shape index (κ2) is 8.26. The lowest BCUT2D eigenvalue weighted by molar-refractivity contribution is -0.129. The first kappa shape index (κ1) is 21.2. The molecule has 2 aliphatic rings. The Balaban J connectivity index is 1.58. The van der Waals surface area contributed by atoms with Gasteiger partial charge in [0.05, 0.1) is 22.6 Å². The maximum Gasteiger partial charge on any atom is 0.335 e. The van der Waals surface area contributed by atoms with Crippen molar-refractivity contribution in [3.05, 3.63) is 69.6 Å². The van der Waals surface area contributed by atoms with Crippen molar-refractivity contribution in [2.75, 3.05) is 4.90 Å². The molecule has 2 aromatic carbocycles. The van der Waals surface area contributed by atoms with E-state index in [2.05, 4.69) is 0 Å². The smallest absolute Gasteiger partial charge is 0.335 e. The first-order valence-electron chi connectivity index (χ1n) is 8.99. The largest absolute Gasteiger partial charge is 0.478 e. The van der Waals surface area contributed by atoms with Crippen molar-refractivity contribution in [2.45, 2.75) is 12.5 Å². The number of nitrogens with zero attached hydrogens (tertiary/aromatic N) is 2. The molecule has 0 radical (unpaired) electrons. The zero-order chi connectivity index (χ0) is 22.3. The number of rotatable bonds is 4. The molecule has 10 heteroatoms. The Morgan fingerprint density at radius 2 is 1.74 bits per heavy atom. The fourth-order valence-electron chi connectivity index (χ4n) is 3.30. The van der Waals surface area contributed by atoms with Crippen LogP contribution in [0.2, 0.25) is 5.02 Å². The van der Waals surface area contributed by atoms with Gasteiger partial charge in [0, 0.05) is 5.02 Å². The third-order valence-electron chi connectivity index (χ3n) is 4.80. The standard InChI is InChI=1S/C21H13ClN2O5S2/c22-13-5-1-11(2-6-13)9-16-19(27)24(21(30)31-16)15-10-17(25)23(18(15)26)14-7-3-12(4-8-14)20(28)29/h1-9,15H,10H2,(H,28,29)/b16-9-/t15-/m0/s1. The highest BCUT2D eigenvalue weighted by molar-refractivity contribution is 8.26. The topological polar surface area (TPSA) is 95.0 Å². The molecule has 0 saturated carbocycles. The fourth-order valence-corrected chi connectivity index (χ4v) is 4.78. The van der Waals surface area contributed by atoms with E-state index in [1.54, 1.807) is 30.3 Å². The Kier molecular flexibility index (Phi) is 5.65. The predicted molar refractivity (Wildman–Crippen MR) is 121 cm³/mol. The number of hydrogen-bond donors (Lipinski definition) is 1. The second-order valence-electron chi connectivity index (χ2n) is 6.74. The number of carboxylic acids is 1. The van der Waals surface area contributed by atoms with Gasteiger partial charge in [-0.05, 0) is 48.0 Å². The van der Waals surface area contributed by atoms with Crippen LogP contribution < -0.4 is 4.90 Å². The van der Waals surface area contributed by atoms with E-state index in [0.29, 0.717) is 9.93 Å². The number of anilines is 1. The van der Waals surface area contributed by atoms with E-state index in [-0.39, 0.29) is 22.0 Å². The first-order valence-corrected chi connectivity index (χ1v) is 10.6. The van der Waals surface area contributed by atoms with Crippen LogP contribution in [0.5, 0.6) is 0 Å². The number of aromatic carboxylic acids is 1. The molecular formula is C21H13ClN2O5S2. The van der Waals surface area contributed by atoms with Crippen molar-refractivity contribution in [3.8, 4) is 0 Å². The third-order valence-corrected chi connectivity index (χ3v) is 6.38. The fraction of sp³-hybridized carbons (Fsp3) is 0.0952. The highest BCUT2D eigenvalue weighted by Gasteiger charge is 2.48. The molecule has 0 spiro atoms. The zero-order valence-corrected chi connectivity index (χ0v) is 18.0. The molecule has 2 heterocycles. The van der Waals surface area contributed by atoms with E-state index in [1.165, 1.54) is 29.2 Å². The van der Waals surface area contributed by atoms with Crippen molar-refractivity contribution in [3.63, 3.8) is 0 Å². The SMILES string of the molecule is O=C(O)c1ccc(N2C(=O)C[C@H](N3C(=O)/C(=C/c4ccc(Cl)cc4)SC3=S)C2=O)cc1. The van der Waals surface area contributed by atoms with Crippen molar-refractivity contribution in [1.82, 2.24) is 4.90 Å². The number of carboxylic acid groups (broad SMARTS) is 1. The van der Waals surface area contributed by atoms with Gasteiger partial charge in [0.25, 0.3) is 11.8 Å². The predicted octanol–water partition coefficient (Wildman–Crippen LogP) is 3.57. The molecule has 156 valence electrons. The molecule has 1 N–H and O–H groups in total. The van der Waals surface area contributed by atoms with Crippen LogP contribution in [0.25, 0.3) is 6.08 Å². The lowest BCUT2D eigenvalue weighted by Crippen LogP contribution is -2.44. The molecule has 0 unspecified atom stereocenters. The molecule has 0 bridgehead atoms. The second-order valence-corrected chi connectivity index (χ2v) is 8.85. The summed E-state index contributed by atoms with van der Waals surface area (Å²) in [5.41, 5.74) is 1.02. The minimum Gasteiger partial charge on any atom is -0.478 e. The summed E-state index contributed by atoms with van der Waals surface area (Å²) in [6.45, 7) is 0. The average molecular weight is 473 g/mol. The van der Waals surface area contributed by atoms with Crippen molar-refractivity contribution in [1.29, 1.82) is 0 Å². The molecule has 2 saturated heterocycles. The summed E-state index contributed by atoms with van der Waals surface area (Å²) in [5.74, 6) is -2.64. The lowest BCUT2D eigenvalue weighted by Gasteiger charge is -2.21. The summed E-state index contributed by atoms with van der Waals surface area (Å²) in [6, 6.07) is 11.2. The van der Waals surface area contributed by atoms with Gasteiger partial charge in [-0.25, -0.2) is 9.69 Å². The maximum atomic E-state index is 13.0. The quantitative estimate of drug-likeness (QED) is 0.413. The minimum absolute atomic E-state index is 0.0312. The van der Waals surface area contributed by atoms with E-state index in [9.17, 15) is 19.2 Å². The van der Waals surface area contributed by atoms with Crippen LogP contribution >= 0.6 is 35.6 Å². The number of amides is 3. The van der Waals surface area contributed by atoms with Crippen LogP contribution in [0.3, 0.4) is 0 Å². The molecule has 0 aromatic heterocycles. The van der Waals surface area contributed by atoms with Gasteiger partial charge in [-0.15, -0.1) is 0 Å². The molecule has 7 nitrogen and oxygen atoms in total. The Morgan fingerprint density at radius 3 is 2.35 bits per heavy atom. The van der Waals surface area contributed by atoms with E-state index in [0.717, 1.165) is 22.2 Å². The third kappa shape index (κ3) is 3.99. The summed E-state index contributed by atoms with van der Waals surface area (Å²) in [4.78, 5) is 52.0. The average Bonchev–Trinajstić information content (AvgIpc) is 3.17. The zero-order valence-electron chi connectivity index (χ0n) is 15.6. The molecule has 4 rings (SSSR count). The summed E-state index contributed by atoms with van der Waals surface area (Å²) < 4.78 is 0.194. The van der Waals surface area contributed by atoms with Gasteiger partial charge in [0.2, 0.25) is 5.91 Å². The molecule has 31 heavy (non-hydrogen) atoms. The van der Waals surface area contributed by atoms with Gasteiger partial charge in [0.15, 0.2) is 0 Å². The van der Waals surface area contributed by atoms with Crippen molar-refractivity contribution in [2.24, 2.45) is 0 Å². The molecule has 2 fully saturated rings. The van der Waals surface area contributed by atoms with Gasteiger partial charge >= 0.3 is 5.97 Å². The number of thiocarbonyl (C=S) groups is 1. The van der Waals surface area contributed by atoms with Gasteiger partial charge < -0.3 is 5.11 Å². The van der Waals surface area contributed by atoms with E-state index in [4.69, 9.17) is 28.9 Å². The first-order chi connectivity index (χ1) is 14.8. The molecule has 2 aliphatic heterocycles. The van der Waals surface area contributed by atoms with Crippen LogP contribution in [-0.4, -0.2) is 44.1 Å². The van der Waals surface area contributed by atoms with Crippen LogP contribution in [0.4, 0.5) is 5.69 Å². The summed E-state index contributed by atoms with van der Waals surface area (Å²) in [6.07, 6.45) is 1.44. The molecule has 3 amide bonds. The van der Waals surface area contributed by atoms with E-state index >= 15 is 0 Å². The van der Waals surface area contributed by atoms with Crippen LogP contribution in [0.1, 0.15) is 22.3 Å². The lowest BCUT2D eigenvalue weighted by atomic mass is 10.2. The number of benzene rings is 2. The van der Waals surface area contributed by atoms with E-state index in [1.807, 2.05) is 0 Å². The minimum atomic E-state index is -1.12. The monoisotopic (exact) mass is 472 g/mol. The normalized spacial score (nSPS) is 20.3. The molecular weight excluding hydrogens is 460 g/mol. The Morgan fingerprint density at radius 1 is 1.10 bits per heavy atom. The maximum absolute atomic E-state index is 13.0. The van der Waals surface area contributed by atoms with Crippen LogP contribution in [-0.2, 0) is 14.4 Å². The summed E-state index contributed by atoms with van der Waals surface area (Å²) >= 11 is 12.3. The van der Waals surface area contributed by atoms with Gasteiger partial charge in [-0.2, -0.15) is 0 Å². The van der Waals surface area contributed by atoms with Crippen LogP contribution in [0.15, 0.2) is 53.4 Å². The Bertz CT molecular complexity index is 1160. The van der Waals surface area contributed by atoms with Gasteiger partial charge in [-0.1, -0.05) is 47.7 Å². The number of carbonyl (C=O) groups is 4.